The fourth-order valence-corrected chi connectivity index (χ4v) is 4.21. The van der Waals surface area contributed by atoms with Crippen molar-refractivity contribution in [2.45, 2.75) is 9.79 Å². The summed E-state index contributed by atoms with van der Waals surface area (Å²) in [6.07, 6.45) is 7.58. The van der Waals surface area contributed by atoms with E-state index in [-0.39, 0.29) is 5.91 Å². The summed E-state index contributed by atoms with van der Waals surface area (Å²) in [6, 6.07) is 16.0. The van der Waals surface area contributed by atoms with E-state index in [1.165, 1.54) is 26.6 Å². The zero-order valence-corrected chi connectivity index (χ0v) is 17.5. The summed E-state index contributed by atoms with van der Waals surface area (Å²) in [5, 5.41) is 5.56. The van der Waals surface area contributed by atoms with E-state index < -0.39 is 0 Å². The third-order valence-electron chi connectivity index (χ3n) is 3.63. The molecule has 7 heteroatoms. The molecule has 1 heterocycles. The van der Waals surface area contributed by atoms with E-state index >= 15 is 0 Å². The van der Waals surface area contributed by atoms with Crippen LogP contribution in [0.1, 0.15) is 11.1 Å². The lowest BCUT2D eigenvalue weighted by molar-refractivity contribution is -0.122. The van der Waals surface area contributed by atoms with Crippen molar-refractivity contribution < 1.29 is 4.79 Å². The average Bonchev–Trinajstić information content (AvgIpc) is 2.94. The molecule has 26 heavy (non-hydrogen) atoms. The molecule has 0 bridgehead atoms. The molecule has 2 aromatic rings. The minimum Gasteiger partial charge on any atom is -0.266 e. The summed E-state index contributed by atoms with van der Waals surface area (Å²) in [4.78, 5) is 15.5. The van der Waals surface area contributed by atoms with Crippen molar-refractivity contribution in [3.8, 4) is 0 Å². The van der Waals surface area contributed by atoms with Crippen LogP contribution in [0.5, 0.6) is 0 Å². The third kappa shape index (κ3) is 4.59. The first-order valence-electron chi connectivity index (χ1n) is 7.71. The fraction of sp³-hybridized carbons (Fsp3) is 0.105. The van der Waals surface area contributed by atoms with Crippen molar-refractivity contribution in [3.05, 3.63) is 64.6 Å². The van der Waals surface area contributed by atoms with Gasteiger partial charge >= 0.3 is 0 Å². The Bertz CT molecular complexity index is 873. The van der Waals surface area contributed by atoms with E-state index in [0.717, 1.165) is 11.1 Å². The van der Waals surface area contributed by atoms with E-state index in [0.29, 0.717) is 9.23 Å². The highest BCUT2D eigenvalue weighted by Gasteiger charge is 2.31. The lowest BCUT2D eigenvalue weighted by Gasteiger charge is -2.06. The molecule has 132 valence electrons. The van der Waals surface area contributed by atoms with Crippen molar-refractivity contribution in [2.24, 2.45) is 5.10 Å². The van der Waals surface area contributed by atoms with Crippen LogP contribution in [0, 0.1) is 0 Å². The fourth-order valence-electron chi connectivity index (χ4n) is 2.22. The van der Waals surface area contributed by atoms with Crippen LogP contribution in [-0.4, -0.2) is 34.0 Å². The van der Waals surface area contributed by atoms with Crippen LogP contribution in [0.15, 0.2) is 68.3 Å². The Kier molecular flexibility index (Phi) is 6.58. The van der Waals surface area contributed by atoms with Gasteiger partial charge in [0.1, 0.15) is 0 Å². The summed E-state index contributed by atoms with van der Waals surface area (Å²) in [5.41, 5.74) is 1.90. The Balaban J connectivity index is 1.75. The molecule has 3 rings (SSSR count). The van der Waals surface area contributed by atoms with Gasteiger partial charge in [-0.3, -0.25) is 4.79 Å². The minimum absolute atomic E-state index is 0.189. The topological polar surface area (TPSA) is 32.7 Å². The number of rotatable bonds is 5. The molecule has 0 radical (unpaired) electrons. The van der Waals surface area contributed by atoms with Gasteiger partial charge in [-0.05, 0) is 66.2 Å². The van der Waals surface area contributed by atoms with Crippen molar-refractivity contribution in [2.75, 3.05) is 12.5 Å². The molecule has 0 saturated carbocycles. The van der Waals surface area contributed by atoms with Gasteiger partial charge in [0.25, 0.3) is 5.91 Å². The Morgan fingerprint density at radius 1 is 0.962 bits per heavy atom. The molecule has 0 N–H and O–H groups in total. The van der Waals surface area contributed by atoms with Gasteiger partial charge < -0.3 is 0 Å². The van der Waals surface area contributed by atoms with Gasteiger partial charge in [0.15, 0.2) is 4.32 Å². The van der Waals surface area contributed by atoms with Gasteiger partial charge in [0.05, 0.1) is 11.1 Å². The first kappa shape index (κ1) is 19.2. The van der Waals surface area contributed by atoms with Crippen molar-refractivity contribution in [1.82, 2.24) is 5.01 Å². The lowest BCUT2D eigenvalue weighted by atomic mass is 10.2. The van der Waals surface area contributed by atoms with Crippen molar-refractivity contribution in [3.63, 3.8) is 0 Å². The maximum absolute atomic E-state index is 12.6. The quantitative estimate of drug-likeness (QED) is 0.283. The number of thioether (sulfide) groups is 3. The molecule has 0 aliphatic carbocycles. The van der Waals surface area contributed by atoms with Crippen molar-refractivity contribution >= 4 is 70.0 Å². The normalized spacial score (nSPS) is 16.2. The molecule has 1 aliphatic heterocycles. The smallest absolute Gasteiger partial charge is 0.266 e. The first-order chi connectivity index (χ1) is 12.6. The molecule has 0 spiro atoms. The van der Waals surface area contributed by atoms with Crippen LogP contribution < -0.4 is 0 Å². The lowest BCUT2D eigenvalue weighted by Crippen LogP contribution is -2.22. The Morgan fingerprint density at radius 3 is 2.04 bits per heavy atom. The third-order valence-corrected chi connectivity index (χ3v) is 6.40. The van der Waals surface area contributed by atoms with E-state index in [1.807, 2.05) is 67.1 Å². The number of benzene rings is 2. The molecule has 1 aliphatic rings. The van der Waals surface area contributed by atoms with Gasteiger partial charge in [-0.25, -0.2) is 0 Å². The van der Waals surface area contributed by atoms with Crippen LogP contribution in [0.25, 0.3) is 6.08 Å². The van der Waals surface area contributed by atoms with Gasteiger partial charge in [0.2, 0.25) is 0 Å². The molecular weight excluding hydrogens is 400 g/mol. The highest BCUT2D eigenvalue weighted by molar-refractivity contribution is 8.26. The Morgan fingerprint density at radius 2 is 1.50 bits per heavy atom. The summed E-state index contributed by atoms with van der Waals surface area (Å²) >= 11 is 9.96. The number of hydrazone groups is 1. The molecule has 1 amide bonds. The highest BCUT2D eigenvalue weighted by atomic mass is 32.2. The molecule has 1 fully saturated rings. The van der Waals surface area contributed by atoms with Crippen LogP contribution >= 0.6 is 47.5 Å². The maximum Gasteiger partial charge on any atom is 0.286 e. The first-order valence-corrected chi connectivity index (χ1v) is 11.4. The summed E-state index contributed by atoms with van der Waals surface area (Å²) < 4.78 is 0.443. The second kappa shape index (κ2) is 8.90. The monoisotopic (exact) mass is 416 g/mol. The molecule has 3 nitrogen and oxygen atoms in total. The Hall–Kier alpha value is -1.54. The van der Waals surface area contributed by atoms with Gasteiger partial charge in [-0.2, -0.15) is 10.1 Å². The number of hydrogen-bond acceptors (Lipinski definition) is 6. The molecule has 0 atom stereocenters. The second-order valence-electron chi connectivity index (χ2n) is 5.28. The number of hydrogen-bond donors (Lipinski definition) is 0. The van der Waals surface area contributed by atoms with Crippen LogP contribution in [0.2, 0.25) is 0 Å². The summed E-state index contributed by atoms with van der Waals surface area (Å²) in [5.74, 6) is -0.189. The molecule has 1 saturated heterocycles. The number of thiocarbonyl (C=S) groups is 1. The van der Waals surface area contributed by atoms with Gasteiger partial charge in [0, 0.05) is 9.79 Å². The summed E-state index contributed by atoms with van der Waals surface area (Å²) in [6.45, 7) is 0. The predicted molar refractivity (Wildman–Crippen MR) is 119 cm³/mol. The standard InChI is InChI=1S/C19H16N2OS4/c1-24-15-7-3-13(4-8-15)11-17-18(22)21(19(23)26-17)20-12-14-5-9-16(25-2)10-6-14/h3-12H,1-2H3/b17-11-,20-12-. The van der Waals surface area contributed by atoms with E-state index in [2.05, 4.69) is 5.10 Å². The minimum atomic E-state index is -0.189. The molecule has 2 aromatic carbocycles. The SMILES string of the molecule is CSc1ccc(/C=N\N2C(=O)/C(=C/c3ccc(SC)cc3)SC2=S)cc1. The maximum atomic E-state index is 12.6. The molecule has 0 unspecified atom stereocenters. The largest absolute Gasteiger partial charge is 0.286 e. The Labute approximate surface area is 171 Å². The summed E-state index contributed by atoms with van der Waals surface area (Å²) in [7, 11) is 0. The van der Waals surface area contributed by atoms with Crippen LogP contribution in [-0.2, 0) is 4.79 Å². The molecule has 0 aromatic heterocycles. The second-order valence-corrected chi connectivity index (χ2v) is 8.72. The van der Waals surface area contributed by atoms with E-state index in [4.69, 9.17) is 12.2 Å². The van der Waals surface area contributed by atoms with Crippen molar-refractivity contribution in [1.29, 1.82) is 0 Å². The van der Waals surface area contributed by atoms with Gasteiger partial charge in [-0.15, -0.1) is 23.5 Å². The molecular formula is C19H16N2OS4. The highest BCUT2D eigenvalue weighted by Crippen LogP contribution is 2.33. The number of nitrogens with zero attached hydrogens (tertiary/aromatic N) is 2. The predicted octanol–water partition coefficient (Wildman–Crippen LogP) is 5.37. The zero-order valence-electron chi connectivity index (χ0n) is 14.2. The van der Waals surface area contributed by atoms with Crippen LogP contribution in [0.3, 0.4) is 0 Å². The van der Waals surface area contributed by atoms with Crippen LogP contribution in [0.4, 0.5) is 0 Å². The number of carbonyl (C=O) groups is 1. The van der Waals surface area contributed by atoms with Gasteiger partial charge in [-0.1, -0.05) is 36.0 Å². The van der Waals surface area contributed by atoms with E-state index in [9.17, 15) is 4.79 Å². The number of carbonyl (C=O) groups excluding carboxylic acids is 1. The average molecular weight is 417 g/mol. The van der Waals surface area contributed by atoms with E-state index in [1.54, 1.807) is 29.7 Å². The zero-order chi connectivity index (χ0) is 18.5. The number of amides is 1.